The number of rotatable bonds is 4. The molecule has 0 saturated heterocycles. The molecule has 1 heterocycles. The van der Waals surface area contributed by atoms with Crippen LogP contribution in [0.15, 0.2) is 18.2 Å². The van der Waals surface area contributed by atoms with Gasteiger partial charge >= 0.3 is 0 Å². The quantitative estimate of drug-likeness (QED) is 0.872. The van der Waals surface area contributed by atoms with E-state index in [2.05, 4.69) is 29.3 Å². The van der Waals surface area contributed by atoms with Gasteiger partial charge in [-0.2, -0.15) is 5.10 Å². The predicted molar refractivity (Wildman–Crippen MR) is 86.9 cm³/mol. The van der Waals surface area contributed by atoms with Crippen molar-refractivity contribution in [2.75, 3.05) is 14.2 Å². The van der Waals surface area contributed by atoms with E-state index in [1.807, 2.05) is 6.07 Å². The highest BCUT2D eigenvalue weighted by molar-refractivity contribution is 5.46. The van der Waals surface area contributed by atoms with Crippen LogP contribution >= 0.6 is 0 Å². The van der Waals surface area contributed by atoms with Crippen molar-refractivity contribution in [1.82, 2.24) is 10.2 Å². The van der Waals surface area contributed by atoms with E-state index in [0.29, 0.717) is 0 Å². The molecule has 1 atom stereocenters. The Bertz CT molecular complexity index is 649. The number of hydrogen-bond acceptors (Lipinski definition) is 3. The molecule has 0 amide bonds. The topological polar surface area (TPSA) is 47.1 Å². The molecule has 0 bridgehead atoms. The van der Waals surface area contributed by atoms with Gasteiger partial charge in [0.1, 0.15) is 0 Å². The van der Waals surface area contributed by atoms with E-state index in [1.54, 1.807) is 14.2 Å². The first kappa shape index (κ1) is 14.9. The molecule has 2 aromatic rings. The minimum absolute atomic E-state index is 0.248. The van der Waals surface area contributed by atoms with Crippen molar-refractivity contribution in [3.63, 3.8) is 0 Å². The van der Waals surface area contributed by atoms with Crippen LogP contribution in [0, 0.1) is 0 Å². The molecule has 1 N–H and O–H groups in total. The third-order valence-electron chi connectivity index (χ3n) is 4.66. The number of aromatic nitrogens is 2. The molecule has 0 spiro atoms. The molecule has 0 fully saturated rings. The number of benzene rings is 1. The van der Waals surface area contributed by atoms with Gasteiger partial charge in [0.2, 0.25) is 0 Å². The summed E-state index contributed by atoms with van der Waals surface area (Å²) in [6.45, 7) is 2.21. The first-order valence-electron chi connectivity index (χ1n) is 8.02. The van der Waals surface area contributed by atoms with Gasteiger partial charge in [-0.15, -0.1) is 0 Å². The van der Waals surface area contributed by atoms with E-state index in [9.17, 15) is 0 Å². The number of nitrogens with zero attached hydrogens (tertiary/aromatic N) is 1. The van der Waals surface area contributed by atoms with Crippen LogP contribution in [-0.4, -0.2) is 24.4 Å². The average molecular weight is 300 g/mol. The van der Waals surface area contributed by atoms with Crippen LogP contribution in [-0.2, 0) is 12.8 Å². The maximum atomic E-state index is 5.42. The summed E-state index contributed by atoms with van der Waals surface area (Å²) < 4.78 is 10.7. The highest BCUT2D eigenvalue weighted by Gasteiger charge is 2.21. The number of methoxy groups -OCH3 is 2. The van der Waals surface area contributed by atoms with Crippen LogP contribution in [0.5, 0.6) is 11.5 Å². The van der Waals surface area contributed by atoms with Gasteiger partial charge in [0.25, 0.3) is 0 Å². The molecule has 1 unspecified atom stereocenters. The van der Waals surface area contributed by atoms with E-state index in [-0.39, 0.29) is 5.92 Å². The highest BCUT2D eigenvalue weighted by Crippen LogP contribution is 2.35. The maximum Gasteiger partial charge on any atom is 0.161 e. The number of H-pyrrole nitrogens is 1. The number of nitrogens with one attached hydrogen (secondary N) is 1. The van der Waals surface area contributed by atoms with Crippen molar-refractivity contribution in [1.29, 1.82) is 0 Å². The lowest BCUT2D eigenvalue weighted by Crippen LogP contribution is -2.02. The fraction of sp³-hybridized carbons (Fsp3) is 0.500. The summed E-state index contributed by atoms with van der Waals surface area (Å²) in [5, 5.41) is 7.88. The molecule has 118 valence electrons. The molecule has 22 heavy (non-hydrogen) atoms. The number of hydrogen-bond donors (Lipinski definition) is 1. The number of aryl methyl sites for hydroxylation is 1. The Labute approximate surface area is 131 Å². The molecule has 0 radical (unpaired) electrons. The van der Waals surface area contributed by atoms with Gasteiger partial charge in [-0.3, -0.25) is 5.10 Å². The zero-order chi connectivity index (χ0) is 15.5. The van der Waals surface area contributed by atoms with Gasteiger partial charge in [0.15, 0.2) is 11.5 Å². The molecule has 4 heteroatoms. The Hall–Kier alpha value is -1.97. The Morgan fingerprint density at radius 2 is 1.82 bits per heavy atom. The molecular formula is C18H24N2O2. The summed E-state index contributed by atoms with van der Waals surface area (Å²) in [6, 6.07) is 6.13. The summed E-state index contributed by atoms with van der Waals surface area (Å²) >= 11 is 0. The predicted octanol–water partition coefficient (Wildman–Crippen LogP) is 3.85. The molecule has 0 saturated carbocycles. The number of aromatic amines is 1. The van der Waals surface area contributed by atoms with E-state index >= 15 is 0 Å². The second kappa shape index (κ2) is 6.42. The fourth-order valence-electron chi connectivity index (χ4n) is 3.32. The summed E-state index contributed by atoms with van der Waals surface area (Å²) in [4.78, 5) is 0. The van der Waals surface area contributed by atoms with E-state index < -0.39 is 0 Å². The SMILES string of the molecule is COc1ccc(C(C)c2n[nH]c3c2CCCCC3)cc1OC. The Balaban J connectivity index is 1.94. The summed E-state index contributed by atoms with van der Waals surface area (Å²) in [7, 11) is 3.33. The normalized spacial score (nSPS) is 15.8. The molecule has 1 aliphatic carbocycles. The van der Waals surface area contributed by atoms with E-state index in [0.717, 1.165) is 24.3 Å². The minimum atomic E-state index is 0.248. The van der Waals surface area contributed by atoms with Crippen molar-refractivity contribution in [3.8, 4) is 11.5 Å². The van der Waals surface area contributed by atoms with Gasteiger partial charge in [-0.05, 0) is 48.9 Å². The van der Waals surface area contributed by atoms with Gasteiger partial charge in [-0.1, -0.05) is 19.4 Å². The first-order valence-corrected chi connectivity index (χ1v) is 8.02. The zero-order valence-electron chi connectivity index (χ0n) is 13.6. The summed E-state index contributed by atoms with van der Waals surface area (Å²) in [5.74, 6) is 1.78. The molecular weight excluding hydrogens is 276 g/mol. The van der Waals surface area contributed by atoms with Crippen molar-refractivity contribution >= 4 is 0 Å². The third-order valence-corrected chi connectivity index (χ3v) is 4.66. The summed E-state index contributed by atoms with van der Waals surface area (Å²) in [6.07, 6.45) is 6.10. The molecule has 0 aliphatic heterocycles. The van der Waals surface area contributed by atoms with Crippen LogP contribution in [0.3, 0.4) is 0 Å². The first-order chi connectivity index (χ1) is 10.7. The second-order valence-electron chi connectivity index (χ2n) is 5.96. The van der Waals surface area contributed by atoms with Gasteiger partial charge in [-0.25, -0.2) is 0 Å². The molecule has 3 rings (SSSR count). The van der Waals surface area contributed by atoms with Gasteiger partial charge in [0.05, 0.1) is 19.9 Å². The van der Waals surface area contributed by atoms with Crippen molar-refractivity contribution in [3.05, 3.63) is 40.7 Å². The molecule has 1 aromatic carbocycles. The molecule has 4 nitrogen and oxygen atoms in total. The van der Waals surface area contributed by atoms with Crippen LogP contribution < -0.4 is 9.47 Å². The second-order valence-corrected chi connectivity index (χ2v) is 5.96. The fourth-order valence-corrected chi connectivity index (χ4v) is 3.32. The lowest BCUT2D eigenvalue weighted by Gasteiger charge is -2.15. The van der Waals surface area contributed by atoms with Crippen molar-refractivity contribution in [2.45, 2.75) is 44.9 Å². The van der Waals surface area contributed by atoms with Crippen LogP contribution in [0.25, 0.3) is 0 Å². The lowest BCUT2D eigenvalue weighted by molar-refractivity contribution is 0.354. The van der Waals surface area contributed by atoms with Crippen molar-refractivity contribution < 1.29 is 9.47 Å². The Morgan fingerprint density at radius 3 is 2.59 bits per heavy atom. The van der Waals surface area contributed by atoms with Crippen LogP contribution in [0.2, 0.25) is 0 Å². The standard InChI is InChI=1S/C18H24N2O2/c1-12(13-9-10-16(21-2)17(11-13)22-3)18-14-7-5-4-6-8-15(14)19-20-18/h9-12H,4-8H2,1-3H3,(H,19,20). The van der Waals surface area contributed by atoms with Gasteiger partial charge in [0, 0.05) is 11.6 Å². The lowest BCUT2D eigenvalue weighted by atomic mass is 9.92. The highest BCUT2D eigenvalue weighted by atomic mass is 16.5. The smallest absolute Gasteiger partial charge is 0.161 e. The van der Waals surface area contributed by atoms with E-state index in [4.69, 9.17) is 9.47 Å². The average Bonchev–Trinajstić information content (AvgIpc) is 2.81. The summed E-state index contributed by atoms with van der Waals surface area (Å²) in [5.41, 5.74) is 5.15. The number of fused-ring (bicyclic) bond motifs is 1. The Morgan fingerprint density at radius 1 is 1.05 bits per heavy atom. The maximum absolute atomic E-state index is 5.42. The monoisotopic (exact) mass is 300 g/mol. The van der Waals surface area contributed by atoms with Gasteiger partial charge < -0.3 is 9.47 Å². The van der Waals surface area contributed by atoms with Crippen LogP contribution in [0.4, 0.5) is 0 Å². The number of ether oxygens (including phenoxy) is 2. The molecule has 1 aliphatic rings. The van der Waals surface area contributed by atoms with Crippen LogP contribution in [0.1, 0.15) is 54.6 Å². The largest absolute Gasteiger partial charge is 0.493 e. The molecule has 1 aromatic heterocycles. The zero-order valence-corrected chi connectivity index (χ0v) is 13.6. The Kier molecular flexibility index (Phi) is 4.36. The van der Waals surface area contributed by atoms with E-state index in [1.165, 1.54) is 41.8 Å². The third kappa shape index (κ3) is 2.70. The van der Waals surface area contributed by atoms with Crippen molar-refractivity contribution in [2.24, 2.45) is 0 Å². The minimum Gasteiger partial charge on any atom is -0.493 e.